The molecule has 1 heterocycles. The third-order valence-electron chi connectivity index (χ3n) is 3.49. The summed E-state index contributed by atoms with van der Waals surface area (Å²) in [4.78, 5) is 23.4. The molecule has 5 nitrogen and oxygen atoms in total. The van der Waals surface area contributed by atoms with Gasteiger partial charge in [0.1, 0.15) is 11.5 Å². The maximum Gasteiger partial charge on any atom is 0.327 e. The second-order valence-corrected chi connectivity index (χ2v) is 4.76. The number of hydrogen-bond acceptors (Lipinski definition) is 4. The standard InChI is InChI=1S/C13H15FN2O3/c1-9(17)10-4-3-7-15(8-10)12-6-2-5-11(14)13(12)16(18)19/h2,5-6,10H,3-4,7-8H2,1H3. The van der Waals surface area contributed by atoms with Gasteiger partial charge in [-0.2, -0.15) is 4.39 Å². The SMILES string of the molecule is CC(=O)C1CCCN(c2cccc(F)c2[N+](=O)[O-])C1. The average Bonchev–Trinajstić information content (AvgIpc) is 2.38. The number of rotatable bonds is 3. The van der Waals surface area contributed by atoms with Gasteiger partial charge in [0.2, 0.25) is 5.82 Å². The first-order valence-corrected chi connectivity index (χ1v) is 6.19. The smallest absolute Gasteiger partial charge is 0.327 e. The van der Waals surface area contributed by atoms with E-state index in [0.29, 0.717) is 13.1 Å². The van der Waals surface area contributed by atoms with Crippen molar-refractivity contribution in [1.82, 2.24) is 0 Å². The van der Waals surface area contributed by atoms with E-state index in [1.165, 1.54) is 19.1 Å². The molecule has 0 spiro atoms. The number of carbonyl (C=O) groups excluding carboxylic acids is 1. The number of nitro benzene ring substituents is 1. The molecule has 1 aromatic rings. The van der Waals surface area contributed by atoms with Crippen LogP contribution in [0.4, 0.5) is 15.8 Å². The van der Waals surface area contributed by atoms with Crippen LogP contribution < -0.4 is 4.90 Å². The first-order valence-electron chi connectivity index (χ1n) is 6.19. The van der Waals surface area contributed by atoms with Crippen LogP contribution in [0.5, 0.6) is 0 Å². The topological polar surface area (TPSA) is 63.5 Å². The lowest BCUT2D eigenvalue weighted by molar-refractivity contribution is -0.386. The average molecular weight is 266 g/mol. The molecule has 1 saturated heterocycles. The maximum absolute atomic E-state index is 13.6. The van der Waals surface area contributed by atoms with Crippen molar-refractivity contribution in [2.45, 2.75) is 19.8 Å². The number of piperidine rings is 1. The van der Waals surface area contributed by atoms with Crippen molar-refractivity contribution in [3.05, 3.63) is 34.1 Å². The molecule has 0 amide bonds. The highest BCUT2D eigenvalue weighted by Gasteiger charge is 2.29. The van der Waals surface area contributed by atoms with Gasteiger partial charge in [-0.05, 0) is 31.9 Å². The number of anilines is 1. The zero-order valence-corrected chi connectivity index (χ0v) is 10.6. The summed E-state index contributed by atoms with van der Waals surface area (Å²) >= 11 is 0. The fourth-order valence-electron chi connectivity index (χ4n) is 2.47. The summed E-state index contributed by atoms with van der Waals surface area (Å²) in [5.74, 6) is -0.896. The summed E-state index contributed by atoms with van der Waals surface area (Å²) in [5, 5.41) is 11.0. The lowest BCUT2D eigenvalue weighted by Gasteiger charge is -2.32. The Balaban J connectivity index is 2.34. The fraction of sp³-hybridized carbons (Fsp3) is 0.462. The highest BCUT2D eigenvalue weighted by atomic mass is 19.1. The Hall–Kier alpha value is -1.98. The van der Waals surface area contributed by atoms with E-state index in [0.717, 1.165) is 18.9 Å². The molecular formula is C13H15FN2O3. The number of benzene rings is 1. The van der Waals surface area contributed by atoms with Gasteiger partial charge in [0, 0.05) is 19.0 Å². The minimum Gasteiger partial charge on any atom is -0.365 e. The van der Waals surface area contributed by atoms with Crippen LogP contribution in [0.15, 0.2) is 18.2 Å². The number of ketones is 1. The first-order chi connectivity index (χ1) is 9.00. The van der Waals surface area contributed by atoms with E-state index in [1.807, 2.05) is 0 Å². The monoisotopic (exact) mass is 266 g/mol. The first kappa shape index (κ1) is 13.5. The van der Waals surface area contributed by atoms with Crippen LogP contribution >= 0.6 is 0 Å². The lowest BCUT2D eigenvalue weighted by Crippen LogP contribution is -2.38. The number of carbonyl (C=O) groups is 1. The van der Waals surface area contributed by atoms with Crippen LogP contribution in [0, 0.1) is 21.8 Å². The largest absolute Gasteiger partial charge is 0.365 e. The molecule has 1 aromatic carbocycles. The summed E-state index contributed by atoms with van der Waals surface area (Å²) in [5.41, 5.74) is -0.248. The molecular weight excluding hydrogens is 251 g/mol. The van der Waals surface area contributed by atoms with Crippen LogP contribution in [0.1, 0.15) is 19.8 Å². The molecule has 1 fully saturated rings. The number of hydrogen-bond donors (Lipinski definition) is 0. The van der Waals surface area contributed by atoms with Gasteiger partial charge in [0.25, 0.3) is 0 Å². The Labute approximate surface area is 110 Å². The van der Waals surface area contributed by atoms with E-state index in [2.05, 4.69) is 0 Å². The van der Waals surface area contributed by atoms with Gasteiger partial charge < -0.3 is 4.90 Å². The van der Waals surface area contributed by atoms with Crippen molar-refractivity contribution < 1.29 is 14.1 Å². The summed E-state index contributed by atoms with van der Waals surface area (Å²) < 4.78 is 13.6. The molecule has 0 bridgehead atoms. The third kappa shape index (κ3) is 2.72. The maximum atomic E-state index is 13.6. The van der Waals surface area contributed by atoms with E-state index >= 15 is 0 Å². The Morgan fingerprint density at radius 2 is 2.26 bits per heavy atom. The van der Waals surface area contributed by atoms with E-state index in [1.54, 1.807) is 4.90 Å². The molecule has 0 saturated carbocycles. The van der Waals surface area contributed by atoms with E-state index in [4.69, 9.17) is 0 Å². The van der Waals surface area contributed by atoms with E-state index in [-0.39, 0.29) is 17.4 Å². The number of nitrogens with zero attached hydrogens (tertiary/aromatic N) is 2. The number of Topliss-reactive ketones (excluding diaryl/α,β-unsaturated/α-hetero) is 1. The van der Waals surface area contributed by atoms with Crippen molar-refractivity contribution in [1.29, 1.82) is 0 Å². The molecule has 19 heavy (non-hydrogen) atoms. The summed E-state index contributed by atoms with van der Waals surface area (Å²) in [7, 11) is 0. The summed E-state index contributed by atoms with van der Waals surface area (Å²) in [6, 6.07) is 4.06. The molecule has 1 aliphatic heterocycles. The fourth-order valence-corrected chi connectivity index (χ4v) is 2.47. The van der Waals surface area contributed by atoms with Crippen LogP contribution in [0.25, 0.3) is 0 Å². The van der Waals surface area contributed by atoms with Gasteiger partial charge in [-0.3, -0.25) is 14.9 Å². The minimum absolute atomic E-state index is 0.0729. The molecule has 0 aromatic heterocycles. The molecule has 1 unspecified atom stereocenters. The molecule has 1 aliphatic rings. The van der Waals surface area contributed by atoms with Crippen molar-refractivity contribution in [2.24, 2.45) is 5.92 Å². The molecule has 1 atom stereocenters. The summed E-state index contributed by atoms with van der Waals surface area (Å²) in [6.07, 6.45) is 1.56. The van der Waals surface area contributed by atoms with Gasteiger partial charge in [-0.15, -0.1) is 0 Å². The van der Waals surface area contributed by atoms with Gasteiger partial charge in [0.05, 0.1) is 4.92 Å². The second-order valence-electron chi connectivity index (χ2n) is 4.76. The molecule has 6 heteroatoms. The van der Waals surface area contributed by atoms with Crippen molar-refractivity contribution >= 4 is 17.2 Å². The zero-order chi connectivity index (χ0) is 14.0. The Morgan fingerprint density at radius 3 is 2.89 bits per heavy atom. The zero-order valence-electron chi connectivity index (χ0n) is 10.6. The van der Waals surface area contributed by atoms with Crippen molar-refractivity contribution in [3.8, 4) is 0 Å². The van der Waals surface area contributed by atoms with Crippen LogP contribution in [-0.2, 0) is 4.79 Å². The van der Waals surface area contributed by atoms with Crippen molar-refractivity contribution in [3.63, 3.8) is 0 Å². The molecule has 0 aliphatic carbocycles. The highest BCUT2D eigenvalue weighted by Crippen LogP contribution is 2.33. The molecule has 2 rings (SSSR count). The third-order valence-corrected chi connectivity index (χ3v) is 3.49. The van der Waals surface area contributed by atoms with Crippen molar-refractivity contribution in [2.75, 3.05) is 18.0 Å². The van der Waals surface area contributed by atoms with Gasteiger partial charge in [-0.25, -0.2) is 0 Å². The summed E-state index contributed by atoms with van der Waals surface area (Å²) in [6.45, 7) is 2.54. The predicted molar refractivity (Wildman–Crippen MR) is 68.7 cm³/mol. The van der Waals surface area contributed by atoms with Gasteiger partial charge >= 0.3 is 5.69 Å². The highest BCUT2D eigenvalue weighted by molar-refractivity contribution is 5.79. The van der Waals surface area contributed by atoms with Crippen LogP contribution in [0.3, 0.4) is 0 Å². The van der Waals surface area contributed by atoms with Gasteiger partial charge in [0.15, 0.2) is 0 Å². The number of nitro groups is 1. The second kappa shape index (κ2) is 5.34. The quantitative estimate of drug-likeness (QED) is 0.623. The molecule has 0 radical (unpaired) electrons. The van der Waals surface area contributed by atoms with Gasteiger partial charge in [-0.1, -0.05) is 6.07 Å². The molecule has 102 valence electrons. The lowest BCUT2D eigenvalue weighted by atomic mass is 9.94. The van der Waals surface area contributed by atoms with E-state index < -0.39 is 16.4 Å². The Bertz CT molecular complexity index is 519. The minimum atomic E-state index is -0.840. The van der Waals surface area contributed by atoms with Crippen LogP contribution in [0.2, 0.25) is 0 Å². The van der Waals surface area contributed by atoms with E-state index in [9.17, 15) is 19.3 Å². The Kier molecular flexibility index (Phi) is 3.78. The van der Waals surface area contributed by atoms with Crippen LogP contribution in [-0.4, -0.2) is 23.8 Å². The number of halogens is 1. The molecule has 0 N–H and O–H groups in total. The normalized spacial score (nSPS) is 19.3. The predicted octanol–water partition coefficient (Wildman–Crippen LogP) is 2.54. The number of para-hydroxylation sites is 1. The Morgan fingerprint density at radius 1 is 1.53 bits per heavy atom.